The van der Waals surface area contributed by atoms with E-state index in [9.17, 15) is 19.7 Å². The fourth-order valence-corrected chi connectivity index (χ4v) is 1.62. The monoisotopic (exact) mass is 296 g/mol. The van der Waals surface area contributed by atoms with Crippen molar-refractivity contribution in [3.8, 4) is 0 Å². The summed E-state index contributed by atoms with van der Waals surface area (Å²) in [5.74, 6) is -1.17. The van der Waals surface area contributed by atoms with E-state index in [4.69, 9.17) is 4.74 Å². The minimum Gasteiger partial charge on any atom is -0.465 e. The molecule has 1 aromatic carbocycles. The number of nitro benzene ring substituents is 1. The highest BCUT2D eigenvalue weighted by Gasteiger charge is 2.21. The zero-order valence-corrected chi connectivity index (χ0v) is 11.9. The predicted molar refractivity (Wildman–Crippen MR) is 74.2 cm³/mol. The van der Waals surface area contributed by atoms with Gasteiger partial charge in [-0.2, -0.15) is 0 Å². The molecular formula is C13H16N2O6. The lowest BCUT2D eigenvalue weighted by atomic mass is 10.1. The highest BCUT2D eigenvalue weighted by Crippen LogP contribution is 2.26. The predicted octanol–water partition coefficient (Wildman–Crippen LogP) is 1.74. The quantitative estimate of drug-likeness (QED) is 0.484. The summed E-state index contributed by atoms with van der Waals surface area (Å²) in [6.07, 6.45) is 0. The third kappa shape index (κ3) is 4.16. The van der Waals surface area contributed by atoms with Gasteiger partial charge in [0.05, 0.1) is 24.2 Å². The van der Waals surface area contributed by atoms with Gasteiger partial charge in [-0.25, -0.2) is 9.59 Å². The van der Waals surface area contributed by atoms with Gasteiger partial charge in [-0.15, -0.1) is 0 Å². The van der Waals surface area contributed by atoms with Crippen LogP contribution in [0.15, 0.2) is 18.2 Å². The average Bonchev–Trinajstić information content (AvgIpc) is 2.46. The molecule has 8 nitrogen and oxygen atoms in total. The van der Waals surface area contributed by atoms with Crippen molar-refractivity contribution in [2.75, 3.05) is 19.0 Å². The molecule has 0 fully saturated rings. The third-order valence-electron chi connectivity index (χ3n) is 2.63. The number of rotatable bonds is 6. The summed E-state index contributed by atoms with van der Waals surface area (Å²) in [6, 6.07) is 2.92. The Balaban J connectivity index is 3.09. The van der Waals surface area contributed by atoms with Gasteiger partial charge >= 0.3 is 11.9 Å². The Bertz CT molecular complexity index is 558. The molecule has 0 amide bonds. The highest BCUT2D eigenvalue weighted by atomic mass is 16.6. The zero-order valence-electron chi connectivity index (χ0n) is 11.9. The molecule has 8 heteroatoms. The number of benzene rings is 1. The number of anilines is 1. The van der Waals surface area contributed by atoms with Crippen LogP contribution in [0.2, 0.25) is 0 Å². The van der Waals surface area contributed by atoms with Crippen molar-refractivity contribution >= 4 is 23.3 Å². The number of nitrogens with one attached hydrogen (secondary N) is 1. The number of methoxy groups -OCH3 is 1. The molecule has 1 rings (SSSR count). The molecule has 0 spiro atoms. The SMILES string of the molecule is CCOC(=O)C(C)Nc1cc(C(=O)OC)ccc1[N+](=O)[O-]. The van der Waals surface area contributed by atoms with Crippen LogP contribution in [0, 0.1) is 10.1 Å². The van der Waals surface area contributed by atoms with Gasteiger partial charge in [-0.3, -0.25) is 10.1 Å². The van der Waals surface area contributed by atoms with E-state index in [1.807, 2.05) is 0 Å². The summed E-state index contributed by atoms with van der Waals surface area (Å²) in [5, 5.41) is 13.7. The summed E-state index contributed by atoms with van der Waals surface area (Å²) in [5.41, 5.74) is -0.0658. The molecule has 0 saturated heterocycles. The maximum Gasteiger partial charge on any atom is 0.337 e. The molecule has 0 saturated carbocycles. The van der Waals surface area contributed by atoms with E-state index in [1.165, 1.54) is 32.2 Å². The van der Waals surface area contributed by atoms with E-state index in [0.29, 0.717) is 0 Å². The number of esters is 2. The molecule has 0 aliphatic heterocycles. The molecule has 1 aromatic rings. The first-order chi connectivity index (χ1) is 9.90. The van der Waals surface area contributed by atoms with Crippen molar-refractivity contribution in [2.45, 2.75) is 19.9 Å². The number of carbonyl (C=O) groups is 2. The Kier molecular flexibility index (Phi) is 5.65. The number of hydrogen-bond acceptors (Lipinski definition) is 7. The topological polar surface area (TPSA) is 108 Å². The Morgan fingerprint density at radius 1 is 1.43 bits per heavy atom. The Morgan fingerprint density at radius 3 is 2.62 bits per heavy atom. The van der Waals surface area contributed by atoms with Crippen LogP contribution in [-0.4, -0.2) is 36.6 Å². The van der Waals surface area contributed by atoms with Crippen LogP contribution in [0.3, 0.4) is 0 Å². The van der Waals surface area contributed by atoms with Crippen molar-refractivity contribution in [3.05, 3.63) is 33.9 Å². The lowest BCUT2D eigenvalue weighted by Crippen LogP contribution is -2.28. The average molecular weight is 296 g/mol. The minimum absolute atomic E-state index is 0.0449. The maximum atomic E-state index is 11.6. The maximum absolute atomic E-state index is 11.6. The molecule has 1 atom stereocenters. The van der Waals surface area contributed by atoms with Gasteiger partial charge in [0.2, 0.25) is 0 Å². The van der Waals surface area contributed by atoms with Gasteiger partial charge in [-0.1, -0.05) is 0 Å². The van der Waals surface area contributed by atoms with Crippen LogP contribution in [0.5, 0.6) is 0 Å². The minimum atomic E-state index is -0.795. The first-order valence-corrected chi connectivity index (χ1v) is 6.20. The van der Waals surface area contributed by atoms with E-state index < -0.39 is 22.9 Å². The van der Waals surface area contributed by atoms with E-state index >= 15 is 0 Å². The first kappa shape index (κ1) is 16.4. The first-order valence-electron chi connectivity index (χ1n) is 6.20. The molecule has 0 aliphatic carbocycles. The normalized spacial score (nSPS) is 11.4. The summed E-state index contributed by atoms with van der Waals surface area (Å²) in [4.78, 5) is 33.4. The molecule has 0 aromatic heterocycles. The molecule has 0 aliphatic rings. The Hall–Kier alpha value is -2.64. The summed E-state index contributed by atoms with van der Waals surface area (Å²) in [6.45, 7) is 3.37. The van der Waals surface area contributed by atoms with Crippen molar-refractivity contribution in [3.63, 3.8) is 0 Å². The molecule has 1 unspecified atom stereocenters. The van der Waals surface area contributed by atoms with E-state index in [0.717, 1.165) is 0 Å². The molecule has 0 radical (unpaired) electrons. The molecule has 114 valence electrons. The van der Waals surface area contributed by atoms with Crippen LogP contribution in [0.4, 0.5) is 11.4 Å². The van der Waals surface area contributed by atoms with E-state index in [2.05, 4.69) is 10.1 Å². The Morgan fingerprint density at radius 2 is 2.10 bits per heavy atom. The fraction of sp³-hybridized carbons (Fsp3) is 0.385. The summed E-state index contributed by atoms with van der Waals surface area (Å²) >= 11 is 0. The van der Waals surface area contributed by atoms with Crippen LogP contribution >= 0.6 is 0 Å². The van der Waals surface area contributed by atoms with Gasteiger partial charge < -0.3 is 14.8 Å². The van der Waals surface area contributed by atoms with Gasteiger partial charge in [0.1, 0.15) is 11.7 Å². The van der Waals surface area contributed by atoms with Crippen LogP contribution in [-0.2, 0) is 14.3 Å². The van der Waals surface area contributed by atoms with Crippen LogP contribution in [0.1, 0.15) is 24.2 Å². The molecule has 0 heterocycles. The smallest absolute Gasteiger partial charge is 0.337 e. The van der Waals surface area contributed by atoms with E-state index in [1.54, 1.807) is 6.92 Å². The fourth-order valence-electron chi connectivity index (χ4n) is 1.62. The van der Waals surface area contributed by atoms with E-state index in [-0.39, 0.29) is 23.5 Å². The van der Waals surface area contributed by atoms with Gasteiger partial charge in [0, 0.05) is 6.07 Å². The molecule has 0 bridgehead atoms. The molecule has 21 heavy (non-hydrogen) atoms. The second-order valence-corrected chi connectivity index (χ2v) is 4.10. The second kappa shape index (κ2) is 7.22. The number of nitro groups is 1. The third-order valence-corrected chi connectivity index (χ3v) is 2.63. The number of carbonyl (C=O) groups excluding carboxylic acids is 2. The highest BCUT2D eigenvalue weighted by molar-refractivity contribution is 5.92. The number of hydrogen-bond donors (Lipinski definition) is 1. The van der Waals surface area contributed by atoms with Crippen LogP contribution in [0.25, 0.3) is 0 Å². The lowest BCUT2D eigenvalue weighted by molar-refractivity contribution is -0.384. The van der Waals surface area contributed by atoms with Crippen molar-refractivity contribution in [1.82, 2.24) is 0 Å². The summed E-state index contributed by atoms with van der Waals surface area (Å²) < 4.78 is 9.37. The van der Waals surface area contributed by atoms with Crippen molar-refractivity contribution < 1.29 is 24.0 Å². The largest absolute Gasteiger partial charge is 0.465 e. The molecule has 1 N–H and O–H groups in total. The van der Waals surface area contributed by atoms with Crippen molar-refractivity contribution in [1.29, 1.82) is 0 Å². The summed E-state index contributed by atoms with van der Waals surface area (Å²) in [7, 11) is 1.21. The zero-order chi connectivity index (χ0) is 16.0. The Labute approximate surface area is 121 Å². The lowest BCUT2D eigenvalue weighted by Gasteiger charge is -2.14. The number of nitrogens with zero attached hydrogens (tertiary/aromatic N) is 1. The van der Waals surface area contributed by atoms with Crippen LogP contribution < -0.4 is 5.32 Å². The van der Waals surface area contributed by atoms with Gasteiger partial charge in [-0.05, 0) is 26.0 Å². The van der Waals surface area contributed by atoms with Gasteiger partial charge in [0.15, 0.2) is 0 Å². The standard InChI is InChI=1S/C13H16N2O6/c1-4-21-12(16)8(2)14-10-7-9(13(17)20-3)5-6-11(10)15(18)19/h5-8,14H,4H2,1-3H3. The molecular weight excluding hydrogens is 280 g/mol. The van der Waals surface area contributed by atoms with Crippen molar-refractivity contribution in [2.24, 2.45) is 0 Å². The number of ether oxygens (including phenoxy) is 2. The second-order valence-electron chi connectivity index (χ2n) is 4.10. The van der Waals surface area contributed by atoms with Gasteiger partial charge in [0.25, 0.3) is 5.69 Å².